The summed E-state index contributed by atoms with van der Waals surface area (Å²) in [6, 6.07) is 16.7. The monoisotopic (exact) mass is 310 g/mol. The molecular formula is C19H22N2O2. The predicted molar refractivity (Wildman–Crippen MR) is 90.5 cm³/mol. The minimum absolute atomic E-state index is 0.0853. The van der Waals surface area contributed by atoms with Gasteiger partial charge in [-0.15, -0.1) is 0 Å². The maximum absolute atomic E-state index is 12.5. The highest BCUT2D eigenvalue weighted by molar-refractivity contribution is 5.94. The molecule has 3 rings (SSSR count). The van der Waals surface area contributed by atoms with Crippen LogP contribution >= 0.6 is 0 Å². The topological polar surface area (TPSA) is 61.4 Å². The number of benzene rings is 2. The van der Waals surface area contributed by atoms with Gasteiger partial charge in [0.05, 0.1) is 0 Å². The van der Waals surface area contributed by atoms with Gasteiger partial charge in [0.25, 0.3) is 5.91 Å². The highest BCUT2D eigenvalue weighted by atomic mass is 16.3. The van der Waals surface area contributed by atoms with Crippen molar-refractivity contribution in [2.75, 3.05) is 13.1 Å². The minimum Gasteiger partial charge on any atom is -0.508 e. The Bertz CT molecular complexity index is 634. The average molecular weight is 310 g/mol. The van der Waals surface area contributed by atoms with E-state index in [9.17, 15) is 9.90 Å². The maximum atomic E-state index is 12.5. The Labute approximate surface area is 136 Å². The lowest BCUT2D eigenvalue weighted by molar-refractivity contribution is 0.0924. The minimum atomic E-state index is -0.0853. The molecule has 2 aromatic carbocycles. The number of nitrogens with one attached hydrogen (secondary N) is 2. The van der Waals surface area contributed by atoms with Crippen molar-refractivity contribution in [2.45, 2.75) is 18.9 Å². The van der Waals surface area contributed by atoms with E-state index in [-0.39, 0.29) is 17.7 Å². The largest absolute Gasteiger partial charge is 0.508 e. The van der Waals surface area contributed by atoms with Crippen LogP contribution in [0.25, 0.3) is 0 Å². The Balaban J connectivity index is 1.72. The Kier molecular flexibility index (Phi) is 4.93. The first-order chi connectivity index (χ1) is 11.2. The molecule has 1 saturated heterocycles. The number of carbonyl (C=O) groups is 1. The summed E-state index contributed by atoms with van der Waals surface area (Å²) in [4.78, 5) is 12.5. The van der Waals surface area contributed by atoms with Gasteiger partial charge in [-0.05, 0) is 61.7 Å². The van der Waals surface area contributed by atoms with Crippen LogP contribution in [0.4, 0.5) is 0 Å². The van der Waals surface area contributed by atoms with Crippen LogP contribution < -0.4 is 10.6 Å². The molecule has 2 unspecified atom stereocenters. The van der Waals surface area contributed by atoms with Gasteiger partial charge in [0.15, 0.2) is 0 Å². The number of rotatable bonds is 5. The Morgan fingerprint density at radius 3 is 2.57 bits per heavy atom. The second-order valence-electron chi connectivity index (χ2n) is 6.07. The number of carbonyl (C=O) groups excluding carboxylic acids is 1. The molecule has 3 N–H and O–H groups in total. The van der Waals surface area contributed by atoms with E-state index >= 15 is 0 Å². The molecule has 0 aromatic heterocycles. The zero-order chi connectivity index (χ0) is 16.1. The van der Waals surface area contributed by atoms with Crippen molar-refractivity contribution in [3.05, 3.63) is 65.7 Å². The third kappa shape index (κ3) is 4.11. The van der Waals surface area contributed by atoms with Gasteiger partial charge in [0, 0.05) is 11.6 Å². The Morgan fingerprint density at radius 2 is 1.91 bits per heavy atom. The number of phenolic OH excluding ortho intramolecular Hbond substituents is 1. The van der Waals surface area contributed by atoms with Crippen molar-refractivity contribution < 1.29 is 9.90 Å². The number of hydrogen-bond donors (Lipinski definition) is 3. The summed E-state index contributed by atoms with van der Waals surface area (Å²) in [7, 11) is 0. The molecule has 2 aromatic rings. The van der Waals surface area contributed by atoms with Crippen molar-refractivity contribution in [3.63, 3.8) is 0 Å². The molecule has 1 aliphatic rings. The summed E-state index contributed by atoms with van der Waals surface area (Å²) in [6.07, 6.45) is 1.91. The lowest BCUT2D eigenvalue weighted by Crippen LogP contribution is -2.42. The van der Waals surface area contributed by atoms with E-state index in [4.69, 9.17) is 0 Å². The fourth-order valence-corrected chi connectivity index (χ4v) is 3.09. The standard InChI is InChI=1S/C19H22N2O2/c22-17-8-6-15(7-9-17)19(23)21-18(16-10-11-20-13-16)12-14-4-2-1-3-5-14/h1-9,16,18,20,22H,10-13H2,(H,21,23). The summed E-state index contributed by atoms with van der Waals surface area (Å²) in [5.74, 6) is 0.525. The van der Waals surface area contributed by atoms with E-state index in [1.165, 1.54) is 17.7 Å². The van der Waals surface area contributed by atoms with Crippen LogP contribution in [-0.2, 0) is 6.42 Å². The quantitative estimate of drug-likeness (QED) is 0.794. The zero-order valence-electron chi connectivity index (χ0n) is 13.0. The molecule has 2 atom stereocenters. The smallest absolute Gasteiger partial charge is 0.251 e. The molecule has 0 bridgehead atoms. The Hall–Kier alpha value is -2.33. The molecule has 1 aliphatic heterocycles. The van der Waals surface area contributed by atoms with Crippen LogP contribution in [0.15, 0.2) is 54.6 Å². The van der Waals surface area contributed by atoms with Gasteiger partial charge in [-0.3, -0.25) is 4.79 Å². The summed E-state index contributed by atoms with van der Waals surface area (Å²) >= 11 is 0. The van der Waals surface area contributed by atoms with Gasteiger partial charge in [0.2, 0.25) is 0 Å². The molecule has 120 valence electrons. The van der Waals surface area contributed by atoms with Crippen LogP contribution in [0.3, 0.4) is 0 Å². The highest BCUT2D eigenvalue weighted by Crippen LogP contribution is 2.18. The normalized spacial score (nSPS) is 18.5. The molecule has 0 spiro atoms. The van der Waals surface area contributed by atoms with Crippen LogP contribution in [0, 0.1) is 5.92 Å². The van der Waals surface area contributed by atoms with E-state index in [0.717, 1.165) is 25.9 Å². The van der Waals surface area contributed by atoms with Gasteiger partial charge in [-0.25, -0.2) is 0 Å². The number of phenols is 1. The lowest BCUT2D eigenvalue weighted by atomic mass is 9.92. The summed E-state index contributed by atoms with van der Waals surface area (Å²) in [5, 5.41) is 15.9. The molecule has 0 radical (unpaired) electrons. The molecule has 1 amide bonds. The molecule has 0 saturated carbocycles. The molecule has 1 heterocycles. The second kappa shape index (κ2) is 7.29. The van der Waals surface area contributed by atoms with Gasteiger partial charge in [0.1, 0.15) is 5.75 Å². The molecule has 4 heteroatoms. The molecule has 4 nitrogen and oxygen atoms in total. The highest BCUT2D eigenvalue weighted by Gasteiger charge is 2.26. The van der Waals surface area contributed by atoms with Gasteiger partial charge >= 0.3 is 0 Å². The Morgan fingerprint density at radius 1 is 1.17 bits per heavy atom. The molecule has 23 heavy (non-hydrogen) atoms. The SMILES string of the molecule is O=C(NC(Cc1ccccc1)C1CCNC1)c1ccc(O)cc1. The van der Waals surface area contributed by atoms with Crippen molar-refractivity contribution in [2.24, 2.45) is 5.92 Å². The number of amides is 1. The summed E-state index contributed by atoms with van der Waals surface area (Å²) in [6.45, 7) is 1.94. The van der Waals surface area contributed by atoms with Crippen molar-refractivity contribution in [1.29, 1.82) is 0 Å². The van der Waals surface area contributed by atoms with Gasteiger partial charge < -0.3 is 15.7 Å². The molecule has 0 aliphatic carbocycles. The number of aromatic hydroxyl groups is 1. The van der Waals surface area contributed by atoms with Crippen molar-refractivity contribution in [1.82, 2.24) is 10.6 Å². The number of hydrogen-bond acceptors (Lipinski definition) is 3. The van der Waals surface area contributed by atoms with E-state index < -0.39 is 0 Å². The predicted octanol–water partition coefficient (Wildman–Crippen LogP) is 2.34. The summed E-state index contributed by atoms with van der Waals surface area (Å²) in [5.41, 5.74) is 1.81. The second-order valence-corrected chi connectivity index (χ2v) is 6.07. The maximum Gasteiger partial charge on any atom is 0.251 e. The molecule has 1 fully saturated rings. The first kappa shape index (κ1) is 15.6. The van der Waals surface area contributed by atoms with Gasteiger partial charge in [-0.1, -0.05) is 30.3 Å². The van der Waals surface area contributed by atoms with Crippen LogP contribution in [0.1, 0.15) is 22.3 Å². The van der Waals surface area contributed by atoms with E-state index in [1.54, 1.807) is 12.1 Å². The van der Waals surface area contributed by atoms with E-state index in [0.29, 0.717) is 11.5 Å². The van der Waals surface area contributed by atoms with Crippen molar-refractivity contribution >= 4 is 5.91 Å². The van der Waals surface area contributed by atoms with E-state index in [2.05, 4.69) is 22.8 Å². The first-order valence-corrected chi connectivity index (χ1v) is 8.07. The summed E-state index contributed by atoms with van der Waals surface area (Å²) < 4.78 is 0. The van der Waals surface area contributed by atoms with Gasteiger partial charge in [-0.2, -0.15) is 0 Å². The third-order valence-electron chi connectivity index (χ3n) is 4.41. The van der Waals surface area contributed by atoms with Crippen LogP contribution in [0.5, 0.6) is 5.75 Å². The van der Waals surface area contributed by atoms with Crippen LogP contribution in [-0.4, -0.2) is 30.1 Å². The zero-order valence-corrected chi connectivity index (χ0v) is 13.0. The van der Waals surface area contributed by atoms with Crippen molar-refractivity contribution in [3.8, 4) is 5.75 Å². The molecular weight excluding hydrogens is 288 g/mol. The van der Waals surface area contributed by atoms with E-state index in [1.807, 2.05) is 18.2 Å². The first-order valence-electron chi connectivity index (χ1n) is 8.07. The lowest BCUT2D eigenvalue weighted by Gasteiger charge is -2.24. The fourth-order valence-electron chi connectivity index (χ4n) is 3.09. The fraction of sp³-hybridized carbons (Fsp3) is 0.316. The average Bonchev–Trinajstić information content (AvgIpc) is 3.10. The van der Waals surface area contributed by atoms with Crippen LogP contribution in [0.2, 0.25) is 0 Å². The third-order valence-corrected chi connectivity index (χ3v) is 4.41.